The van der Waals surface area contributed by atoms with Gasteiger partial charge in [0.25, 0.3) is 5.91 Å². The van der Waals surface area contributed by atoms with Gasteiger partial charge in [-0.2, -0.15) is 0 Å². The Labute approximate surface area is 171 Å². The Morgan fingerprint density at radius 3 is 2.66 bits per heavy atom. The van der Waals surface area contributed by atoms with Crippen molar-refractivity contribution in [3.05, 3.63) is 71.2 Å². The van der Waals surface area contributed by atoms with Crippen molar-refractivity contribution < 1.29 is 18.7 Å². The highest BCUT2D eigenvalue weighted by Crippen LogP contribution is 2.33. The SMILES string of the molecule is O=C(Nc1cc(-c2nc3ccccc3o2)ccc1Cl)c1ccc2c(c1)OCCO2. The molecule has 4 aromatic rings. The molecule has 0 radical (unpaired) electrons. The molecule has 0 saturated heterocycles. The smallest absolute Gasteiger partial charge is 0.255 e. The normalized spacial score (nSPS) is 12.7. The fraction of sp³-hybridized carbons (Fsp3) is 0.0909. The van der Waals surface area contributed by atoms with Crippen LogP contribution < -0.4 is 14.8 Å². The van der Waals surface area contributed by atoms with E-state index in [4.69, 9.17) is 25.5 Å². The van der Waals surface area contributed by atoms with Gasteiger partial charge in [0.1, 0.15) is 18.7 Å². The predicted molar refractivity (Wildman–Crippen MR) is 110 cm³/mol. The number of fused-ring (bicyclic) bond motifs is 2. The third-order valence-electron chi connectivity index (χ3n) is 4.56. The van der Waals surface area contributed by atoms with Gasteiger partial charge in [0.2, 0.25) is 5.89 Å². The first-order valence-corrected chi connectivity index (χ1v) is 9.42. The molecule has 0 atom stereocenters. The number of hydrogen-bond donors (Lipinski definition) is 1. The van der Waals surface area contributed by atoms with E-state index in [9.17, 15) is 4.79 Å². The molecule has 6 nitrogen and oxygen atoms in total. The minimum absolute atomic E-state index is 0.307. The second kappa shape index (κ2) is 7.14. The number of carbonyl (C=O) groups excluding carboxylic acids is 1. The van der Waals surface area contributed by atoms with E-state index in [0.29, 0.717) is 58.0 Å². The van der Waals surface area contributed by atoms with Gasteiger partial charge < -0.3 is 19.2 Å². The Morgan fingerprint density at radius 1 is 0.966 bits per heavy atom. The first-order chi connectivity index (χ1) is 14.2. The predicted octanol–water partition coefficient (Wildman–Crippen LogP) is 5.17. The Hall–Kier alpha value is -3.51. The summed E-state index contributed by atoms with van der Waals surface area (Å²) in [6.07, 6.45) is 0. The summed E-state index contributed by atoms with van der Waals surface area (Å²) in [5.74, 6) is 1.33. The Bertz CT molecular complexity index is 1200. The number of amides is 1. The summed E-state index contributed by atoms with van der Waals surface area (Å²) >= 11 is 6.30. The molecule has 0 spiro atoms. The summed E-state index contributed by atoms with van der Waals surface area (Å²) in [5.41, 5.74) is 3.07. The number of ether oxygens (including phenoxy) is 2. The number of nitrogens with one attached hydrogen (secondary N) is 1. The number of para-hydroxylation sites is 2. The number of nitrogens with zero attached hydrogens (tertiary/aromatic N) is 1. The maximum absolute atomic E-state index is 12.7. The van der Waals surface area contributed by atoms with Gasteiger partial charge in [0.05, 0.1) is 10.7 Å². The van der Waals surface area contributed by atoms with Gasteiger partial charge in [0.15, 0.2) is 17.1 Å². The summed E-state index contributed by atoms with van der Waals surface area (Å²) in [4.78, 5) is 17.2. The van der Waals surface area contributed by atoms with Crippen LogP contribution in [0.1, 0.15) is 10.4 Å². The van der Waals surface area contributed by atoms with Crippen molar-refractivity contribution in [2.75, 3.05) is 18.5 Å². The molecule has 0 bridgehead atoms. The van der Waals surface area contributed by atoms with Crippen molar-refractivity contribution in [1.82, 2.24) is 4.98 Å². The quantitative estimate of drug-likeness (QED) is 0.508. The third-order valence-corrected chi connectivity index (χ3v) is 4.89. The van der Waals surface area contributed by atoms with E-state index >= 15 is 0 Å². The molecule has 0 saturated carbocycles. The molecule has 3 aromatic carbocycles. The minimum atomic E-state index is -0.307. The average molecular weight is 407 g/mol. The lowest BCUT2D eigenvalue weighted by Crippen LogP contribution is -2.17. The lowest BCUT2D eigenvalue weighted by Gasteiger charge is -2.18. The van der Waals surface area contributed by atoms with Gasteiger partial charge in [-0.3, -0.25) is 4.79 Å². The van der Waals surface area contributed by atoms with E-state index in [-0.39, 0.29) is 5.91 Å². The number of rotatable bonds is 3. The van der Waals surface area contributed by atoms with Crippen molar-refractivity contribution in [3.63, 3.8) is 0 Å². The van der Waals surface area contributed by atoms with Crippen LogP contribution >= 0.6 is 11.6 Å². The van der Waals surface area contributed by atoms with E-state index in [2.05, 4.69) is 10.3 Å². The molecule has 1 aromatic heterocycles. The van der Waals surface area contributed by atoms with Crippen LogP contribution in [0.4, 0.5) is 5.69 Å². The van der Waals surface area contributed by atoms with Gasteiger partial charge in [-0.25, -0.2) is 4.98 Å². The number of benzene rings is 3. The van der Waals surface area contributed by atoms with Crippen molar-refractivity contribution in [2.45, 2.75) is 0 Å². The van der Waals surface area contributed by atoms with Crippen molar-refractivity contribution in [1.29, 1.82) is 0 Å². The zero-order valence-electron chi connectivity index (χ0n) is 15.1. The largest absolute Gasteiger partial charge is 0.486 e. The molecule has 0 fully saturated rings. The molecular weight excluding hydrogens is 392 g/mol. The first kappa shape index (κ1) is 17.6. The van der Waals surface area contributed by atoms with E-state index < -0.39 is 0 Å². The standard InChI is InChI=1S/C22H15ClN2O4/c23-15-7-5-14(22-25-16-3-1-2-4-18(16)29-22)11-17(15)24-21(26)13-6-8-19-20(12-13)28-10-9-27-19/h1-8,11-12H,9-10H2,(H,24,26). The van der Waals surface area contributed by atoms with Crippen molar-refractivity contribution in [2.24, 2.45) is 0 Å². The summed E-state index contributed by atoms with van der Waals surface area (Å²) in [6.45, 7) is 0.952. The zero-order valence-corrected chi connectivity index (χ0v) is 15.9. The highest BCUT2D eigenvalue weighted by molar-refractivity contribution is 6.34. The molecular formula is C22H15ClN2O4. The Morgan fingerprint density at radius 2 is 1.79 bits per heavy atom. The number of anilines is 1. The van der Waals surface area contributed by atoms with Gasteiger partial charge in [-0.05, 0) is 48.5 Å². The Balaban J connectivity index is 1.43. The topological polar surface area (TPSA) is 73.6 Å². The molecule has 0 unspecified atom stereocenters. The van der Waals surface area contributed by atoms with Gasteiger partial charge in [-0.15, -0.1) is 0 Å². The molecule has 0 aliphatic carbocycles. The number of oxazole rings is 1. The van der Waals surface area contributed by atoms with E-state index in [1.165, 1.54) is 0 Å². The molecule has 2 heterocycles. The van der Waals surface area contributed by atoms with Crippen LogP contribution in [0, 0.1) is 0 Å². The summed E-state index contributed by atoms with van der Waals surface area (Å²) in [6, 6.07) is 17.8. The number of hydrogen-bond acceptors (Lipinski definition) is 5. The average Bonchev–Trinajstić information content (AvgIpc) is 3.19. The molecule has 1 aliphatic heterocycles. The molecule has 1 amide bonds. The zero-order chi connectivity index (χ0) is 19.8. The van der Waals surface area contributed by atoms with Crippen LogP contribution in [0.3, 0.4) is 0 Å². The lowest BCUT2D eigenvalue weighted by atomic mass is 10.1. The van der Waals surface area contributed by atoms with Crippen LogP contribution in [0.15, 0.2) is 65.1 Å². The highest BCUT2D eigenvalue weighted by atomic mass is 35.5. The monoisotopic (exact) mass is 406 g/mol. The summed E-state index contributed by atoms with van der Waals surface area (Å²) < 4.78 is 16.8. The molecule has 7 heteroatoms. The highest BCUT2D eigenvalue weighted by Gasteiger charge is 2.17. The first-order valence-electron chi connectivity index (χ1n) is 9.04. The number of halogens is 1. The molecule has 144 valence electrons. The van der Waals surface area contributed by atoms with Crippen LogP contribution in [0.25, 0.3) is 22.6 Å². The summed E-state index contributed by atoms with van der Waals surface area (Å²) in [7, 11) is 0. The Kier molecular flexibility index (Phi) is 4.33. The lowest BCUT2D eigenvalue weighted by molar-refractivity contribution is 0.102. The van der Waals surface area contributed by atoms with Crippen molar-refractivity contribution in [3.8, 4) is 23.0 Å². The molecule has 5 rings (SSSR count). The van der Waals surface area contributed by atoms with Crippen LogP contribution in [0.5, 0.6) is 11.5 Å². The fourth-order valence-electron chi connectivity index (χ4n) is 3.13. The van der Waals surface area contributed by atoms with Crippen LogP contribution in [-0.2, 0) is 0 Å². The molecule has 1 N–H and O–H groups in total. The third kappa shape index (κ3) is 3.39. The van der Waals surface area contributed by atoms with Crippen molar-refractivity contribution >= 4 is 34.3 Å². The maximum Gasteiger partial charge on any atom is 0.255 e. The number of carbonyl (C=O) groups is 1. The van der Waals surface area contributed by atoms with Gasteiger partial charge in [-0.1, -0.05) is 23.7 Å². The van der Waals surface area contributed by atoms with E-state index in [1.54, 1.807) is 36.4 Å². The van der Waals surface area contributed by atoms with Gasteiger partial charge >= 0.3 is 0 Å². The number of aromatic nitrogens is 1. The maximum atomic E-state index is 12.7. The van der Waals surface area contributed by atoms with Crippen LogP contribution in [-0.4, -0.2) is 24.1 Å². The second-order valence-corrected chi connectivity index (χ2v) is 6.90. The second-order valence-electron chi connectivity index (χ2n) is 6.49. The van der Waals surface area contributed by atoms with Gasteiger partial charge in [0, 0.05) is 11.1 Å². The summed E-state index contributed by atoms with van der Waals surface area (Å²) in [5, 5.41) is 3.25. The van der Waals surface area contributed by atoms with Crippen LogP contribution in [0.2, 0.25) is 5.02 Å². The molecule has 1 aliphatic rings. The molecule has 29 heavy (non-hydrogen) atoms. The minimum Gasteiger partial charge on any atom is -0.486 e. The fourth-order valence-corrected chi connectivity index (χ4v) is 3.29. The van der Waals surface area contributed by atoms with E-state index in [0.717, 1.165) is 5.52 Å². The van der Waals surface area contributed by atoms with E-state index in [1.807, 2.05) is 24.3 Å².